The summed E-state index contributed by atoms with van der Waals surface area (Å²) in [5.41, 5.74) is 0.561. The first-order chi connectivity index (χ1) is 10.1. The number of rotatable bonds is 2. The largest absolute Gasteiger partial charge is 0.366 e. The van der Waals surface area contributed by atoms with E-state index in [0.29, 0.717) is 37.7 Å². The Morgan fingerprint density at radius 3 is 2.43 bits per heavy atom. The van der Waals surface area contributed by atoms with Gasteiger partial charge in [0.25, 0.3) is 5.56 Å². The minimum atomic E-state index is -0.197. The number of aryl methyl sites for hydroxylation is 1. The molecule has 0 spiro atoms. The second-order valence-electron chi connectivity index (χ2n) is 5.12. The summed E-state index contributed by atoms with van der Waals surface area (Å²) in [6.45, 7) is 2.85. The monoisotopic (exact) mass is 288 g/mol. The van der Waals surface area contributed by atoms with Crippen molar-refractivity contribution >= 4 is 11.5 Å². The number of aromatic nitrogens is 2. The van der Waals surface area contributed by atoms with Crippen LogP contribution in [-0.4, -0.2) is 35.7 Å². The van der Waals surface area contributed by atoms with Gasteiger partial charge in [0.2, 0.25) is 0 Å². The van der Waals surface area contributed by atoms with Gasteiger partial charge in [-0.05, 0) is 12.1 Å². The van der Waals surface area contributed by atoms with Gasteiger partial charge in [0.1, 0.15) is 11.6 Å². The molecule has 0 bridgehead atoms. The van der Waals surface area contributed by atoms with E-state index in [1.54, 1.807) is 25.2 Å². The molecule has 1 aliphatic heterocycles. The van der Waals surface area contributed by atoms with Gasteiger partial charge >= 0.3 is 0 Å². The van der Waals surface area contributed by atoms with Crippen molar-refractivity contribution in [3.05, 3.63) is 52.8 Å². The Morgan fingerprint density at radius 2 is 1.76 bits per heavy atom. The zero-order valence-corrected chi connectivity index (χ0v) is 11.9. The first kappa shape index (κ1) is 13.6. The molecule has 2 heterocycles. The molecular weight excluding hydrogens is 271 g/mol. The SMILES string of the molecule is Cn1cnc(N2CCN(c3ccccc3F)CC2)cc1=O. The zero-order valence-electron chi connectivity index (χ0n) is 11.9. The van der Waals surface area contributed by atoms with E-state index in [1.165, 1.54) is 17.0 Å². The highest BCUT2D eigenvalue weighted by Crippen LogP contribution is 2.21. The molecule has 0 radical (unpaired) electrons. The third-order valence-electron chi connectivity index (χ3n) is 3.76. The summed E-state index contributed by atoms with van der Waals surface area (Å²) >= 11 is 0. The van der Waals surface area contributed by atoms with Crippen LogP contribution in [0.15, 0.2) is 41.5 Å². The minimum Gasteiger partial charge on any atom is -0.366 e. The molecule has 3 rings (SSSR count). The smallest absolute Gasteiger partial charge is 0.255 e. The van der Waals surface area contributed by atoms with Gasteiger partial charge in [-0.15, -0.1) is 0 Å². The minimum absolute atomic E-state index is 0.0727. The van der Waals surface area contributed by atoms with Crippen LogP contribution in [0, 0.1) is 5.82 Å². The van der Waals surface area contributed by atoms with Crippen LogP contribution < -0.4 is 15.4 Å². The Labute approximate surface area is 122 Å². The van der Waals surface area contributed by atoms with Gasteiger partial charge in [0, 0.05) is 39.3 Å². The van der Waals surface area contributed by atoms with Crippen molar-refractivity contribution in [3.63, 3.8) is 0 Å². The summed E-state index contributed by atoms with van der Waals surface area (Å²) in [5.74, 6) is 0.490. The summed E-state index contributed by atoms with van der Waals surface area (Å²) in [7, 11) is 1.68. The van der Waals surface area contributed by atoms with Crippen LogP contribution in [0.2, 0.25) is 0 Å². The Bertz CT molecular complexity index is 692. The third-order valence-corrected chi connectivity index (χ3v) is 3.76. The van der Waals surface area contributed by atoms with Crippen molar-refractivity contribution in [1.29, 1.82) is 0 Å². The fraction of sp³-hybridized carbons (Fsp3) is 0.333. The molecule has 2 aromatic rings. The summed E-state index contributed by atoms with van der Waals surface area (Å²) in [5, 5.41) is 0. The van der Waals surface area contributed by atoms with Crippen LogP contribution in [0.3, 0.4) is 0 Å². The van der Waals surface area contributed by atoms with Crippen LogP contribution in [-0.2, 0) is 7.05 Å². The Kier molecular flexibility index (Phi) is 3.60. The predicted octanol–water partition coefficient (Wildman–Crippen LogP) is 1.25. The molecule has 0 N–H and O–H groups in total. The number of hydrogen-bond acceptors (Lipinski definition) is 4. The maximum Gasteiger partial charge on any atom is 0.255 e. The molecule has 1 aromatic heterocycles. The summed E-state index contributed by atoms with van der Waals surface area (Å²) < 4.78 is 15.2. The highest BCUT2D eigenvalue weighted by Gasteiger charge is 2.20. The fourth-order valence-corrected chi connectivity index (χ4v) is 2.51. The van der Waals surface area contributed by atoms with E-state index < -0.39 is 0 Å². The van der Waals surface area contributed by atoms with Gasteiger partial charge in [0.15, 0.2) is 0 Å². The maximum absolute atomic E-state index is 13.8. The number of anilines is 2. The quantitative estimate of drug-likeness (QED) is 0.834. The van der Waals surface area contributed by atoms with Crippen molar-refractivity contribution in [3.8, 4) is 0 Å². The van der Waals surface area contributed by atoms with Crippen molar-refractivity contribution in [2.45, 2.75) is 0 Å². The van der Waals surface area contributed by atoms with Gasteiger partial charge in [-0.2, -0.15) is 0 Å². The van der Waals surface area contributed by atoms with Crippen molar-refractivity contribution in [2.24, 2.45) is 7.05 Å². The Balaban J connectivity index is 1.72. The zero-order chi connectivity index (χ0) is 14.8. The Morgan fingerprint density at radius 1 is 1.10 bits per heavy atom. The molecule has 5 nitrogen and oxygen atoms in total. The number of piperazine rings is 1. The molecule has 6 heteroatoms. The average molecular weight is 288 g/mol. The van der Waals surface area contributed by atoms with Gasteiger partial charge in [-0.3, -0.25) is 4.79 Å². The third kappa shape index (κ3) is 2.74. The van der Waals surface area contributed by atoms with Crippen molar-refractivity contribution in [2.75, 3.05) is 36.0 Å². The normalized spacial score (nSPS) is 15.3. The fourth-order valence-electron chi connectivity index (χ4n) is 2.51. The molecule has 1 aliphatic rings. The predicted molar refractivity (Wildman–Crippen MR) is 80.3 cm³/mol. The van der Waals surface area contributed by atoms with E-state index in [2.05, 4.69) is 9.88 Å². The lowest BCUT2D eigenvalue weighted by molar-refractivity contribution is 0.595. The van der Waals surface area contributed by atoms with E-state index in [-0.39, 0.29) is 11.4 Å². The van der Waals surface area contributed by atoms with E-state index >= 15 is 0 Å². The number of hydrogen-bond donors (Lipinski definition) is 0. The number of nitrogens with zero attached hydrogens (tertiary/aromatic N) is 4. The summed E-state index contributed by atoms with van der Waals surface area (Å²) in [6.07, 6.45) is 1.53. The molecule has 110 valence electrons. The number of benzene rings is 1. The molecular formula is C15H17FN4O. The second-order valence-corrected chi connectivity index (χ2v) is 5.12. The van der Waals surface area contributed by atoms with E-state index in [4.69, 9.17) is 0 Å². The van der Waals surface area contributed by atoms with Gasteiger partial charge in [-0.1, -0.05) is 12.1 Å². The molecule has 0 aliphatic carbocycles. The molecule has 0 unspecified atom stereocenters. The lowest BCUT2D eigenvalue weighted by Gasteiger charge is -2.36. The molecule has 0 atom stereocenters. The second kappa shape index (κ2) is 5.55. The molecule has 0 amide bonds. The molecule has 1 saturated heterocycles. The van der Waals surface area contributed by atoms with Crippen molar-refractivity contribution in [1.82, 2.24) is 9.55 Å². The van der Waals surface area contributed by atoms with Gasteiger partial charge in [-0.25, -0.2) is 9.37 Å². The van der Waals surface area contributed by atoms with E-state index in [0.717, 1.165) is 0 Å². The summed E-state index contributed by atoms with van der Waals surface area (Å²) in [6, 6.07) is 8.34. The van der Waals surface area contributed by atoms with E-state index in [9.17, 15) is 9.18 Å². The highest BCUT2D eigenvalue weighted by molar-refractivity contribution is 5.50. The lowest BCUT2D eigenvalue weighted by atomic mass is 10.2. The number of halogens is 1. The average Bonchev–Trinajstić information content (AvgIpc) is 2.51. The highest BCUT2D eigenvalue weighted by atomic mass is 19.1. The van der Waals surface area contributed by atoms with Crippen LogP contribution in [0.25, 0.3) is 0 Å². The van der Waals surface area contributed by atoms with Gasteiger partial charge in [0.05, 0.1) is 12.0 Å². The van der Waals surface area contributed by atoms with Crippen LogP contribution in [0.5, 0.6) is 0 Å². The number of para-hydroxylation sites is 1. The summed E-state index contributed by atoms with van der Waals surface area (Å²) in [4.78, 5) is 20.0. The Hall–Kier alpha value is -2.37. The molecule has 21 heavy (non-hydrogen) atoms. The first-order valence-electron chi connectivity index (χ1n) is 6.92. The van der Waals surface area contributed by atoms with Crippen LogP contribution >= 0.6 is 0 Å². The maximum atomic E-state index is 13.8. The standard InChI is InChI=1S/C15H17FN4O/c1-18-11-17-14(10-15(18)21)20-8-6-19(7-9-20)13-5-3-2-4-12(13)16/h2-5,10-11H,6-9H2,1H3. The van der Waals surface area contributed by atoms with Crippen molar-refractivity contribution < 1.29 is 4.39 Å². The first-order valence-corrected chi connectivity index (χ1v) is 6.92. The van der Waals surface area contributed by atoms with Crippen LogP contribution in [0.1, 0.15) is 0 Å². The molecule has 1 aromatic carbocycles. The molecule has 0 saturated carbocycles. The van der Waals surface area contributed by atoms with Crippen LogP contribution in [0.4, 0.5) is 15.9 Å². The lowest BCUT2D eigenvalue weighted by Crippen LogP contribution is -2.47. The van der Waals surface area contributed by atoms with Gasteiger partial charge < -0.3 is 14.4 Å². The topological polar surface area (TPSA) is 41.4 Å². The van der Waals surface area contributed by atoms with E-state index in [1.807, 2.05) is 11.0 Å². The molecule has 1 fully saturated rings.